The van der Waals surface area contributed by atoms with Gasteiger partial charge in [0.05, 0.1) is 33.5 Å². The van der Waals surface area contributed by atoms with E-state index in [1.807, 2.05) is 48.6 Å². The van der Waals surface area contributed by atoms with Gasteiger partial charge in [0, 0.05) is 39.1 Å². The zero-order valence-corrected chi connectivity index (χ0v) is 18.9. The molecule has 0 radical (unpaired) electrons. The van der Waals surface area contributed by atoms with Crippen LogP contribution in [0, 0.1) is 0 Å². The summed E-state index contributed by atoms with van der Waals surface area (Å²) < 4.78 is 5.66. The summed E-state index contributed by atoms with van der Waals surface area (Å²) in [6, 6.07) is 18.2. The van der Waals surface area contributed by atoms with Gasteiger partial charge < -0.3 is 14.4 Å². The number of rotatable bonds is 0. The zero-order valence-electron chi connectivity index (χ0n) is 16.2. The molecule has 154 valence electrons. The van der Waals surface area contributed by atoms with Crippen molar-refractivity contribution in [2.45, 2.75) is 0 Å². The van der Waals surface area contributed by atoms with Crippen LogP contribution in [-0.4, -0.2) is 19.9 Å². The van der Waals surface area contributed by atoms with Crippen molar-refractivity contribution in [3.8, 4) is 0 Å². The number of furan rings is 1. The number of fused-ring (bicyclic) bond motifs is 8. The van der Waals surface area contributed by atoms with Crippen molar-refractivity contribution < 1.29 is 21.5 Å². The maximum absolute atomic E-state index is 4.67. The molecule has 6 rings (SSSR count). The zero-order chi connectivity index (χ0) is 20.3. The van der Waals surface area contributed by atoms with Gasteiger partial charge in [-0.2, -0.15) is 0 Å². The quantitative estimate of drug-likeness (QED) is 0.222. The predicted molar refractivity (Wildman–Crippen MR) is 125 cm³/mol. The van der Waals surface area contributed by atoms with Crippen LogP contribution >= 0.6 is 15.9 Å². The minimum Gasteiger partial charge on any atom is -0.471 e. The van der Waals surface area contributed by atoms with Crippen LogP contribution in [0.2, 0.25) is 0 Å². The first-order valence-electron chi connectivity index (χ1n) is 9.42. The Hall–Kier alpha value is -3.12. The van der Waals surface area contributed by atoms with E-state index in [2.05, 4.69) is 70.6 Å². The Labute approximate surface area is 197 Å². The van der Waals surface area contributed by atoms with Crippen molar-refractivity contribution in [2.24, 2.45) is 0 Å². The number of aromatic amines is 2. The van der Waals surface area contributed by atoms with Crippen LogP contribution in [0.5, 0.6) is 0 Å². The second kappa shape index (κ2) is 9.35. The molecule has 0 amide bonds. The first kappa shape index (κ1) is 21.1. The summed E-state index contributed by atoms with van der Waals surface area (Å²) in [5.74, 6) is 0. The molecule has 31 heavy (non-hydrogen) atoms. The first-order valence-corrected chi connectivity index (χ1v) is 10.2. The summed E-state index contributed by atoms with van der Waals surface area (Å²) in [5.41, 5.74) is 7.86. The van der Waals surface area contributed by atoms with Crippen molar-refractivity contribution in [3.05, 3.63) is 94.4 Å². The maximum Gasteiger partial charge on any atom is 0.104 e. The molecule has 0 aliphatic carbocycles. The van der Waals surface area contributed by atoms with Gasteiger partial charge in [-0.1, -0.05) is 0 Å². The minimum atomic E-state index is 0. The van der Waals surface area contributed by atoms with Gasteiger partial charge in [0.2, 0.25) is 0 Å². The van der Waals surface area contributed by atoms with Crippen molar-refractivity contribution >= 4 is 62.3 Å². The third-order valence-corrected chi connectivity index (χ3v) is 4.98. The van der Waals surface area contributed by atoms with Crippen molar-refractivity contribution in [2.75, 3.05) is 0 Å². The molecule has 5 nitrogen and oxygen atoms in total. The minimum absolute atomic E-state index is 0. The second-order valence-electron chi connectivity index (χ2n) is 6.85. The van der Waals surface area contributed by atoms with E-state index in [9.17, 15) is 0 Å². The molecular formula is C24H17BrFeN4O. The van der Waals surface area contributed by atoms with Crippen molar-refractivity contribution in [1.82, 2.24) is 19.9 Å². The summed E-state index contributed by atoms with van der Waals surface area (Å²) in [6.45, 7) is 0. The molecule has 4 aromatic rings. The van der Waals surface area contributed by atoms with Gasteiger partial charge in [0.1, 0.15) is 6.26 Å². The van der Waals surface area contributed by atoms with Crippen LogP contribution in [-0.2, 0) is 17.1 Å². The van der Waals surface area contributed by atoms with E-state index in [1.54, 1.807) is 12.5 Å². The largest absolute Gasteiger partial charge is 0.471 e. The fraction of sp³-hybridized carbons (Fsp3) is 0. The van der Waals surface area contributed by atoms with Crippen molar-refractivity contribution in [3.63, 3.8) is 0 Å². The molecule has 4 aromatic heterocycles. The van der Waals surface area contributed by atoms with Crippen molar-refractivity contribution in [1.29, 1.82) is 0 Å². The molecule has 0 spiro atoms. The Bertz CT molecular complexity index is 1330. The number of H-pyrrole nitrogens is 2. The van der Waals surface area contributed by atoms with E-state index in [4.69, 9.17) is 0 Å². The second-order valence-corrected chi connectivity index (χ2v) is 7.76. The van der Waals surface area contributed by atoms with Crippen LogP contribution in [0.4, 0.5) is 0 Å². The molecule has 0 saturated heterocycles. The van der Waals surface area contributed by atoms with E-state index in [1.165, 1.54) is 0 Å². The average Bonchev–Trinajstić information content (AvgIpc) is 3.52. The molecule has 2 N–H and O–H groups in total. The maximum atomic E-state index is 4.67. The summed E-state index contributed by atoms with van der Waals surface area (Å²) in [4.78, 5) is 16.0. The molecule has 7 heteroatoms. The van der Waals surface area contributed by atoms with Gasteiger partial charge in [-0.3, -0.25) is 0 Å². The fourth-order valence-corrected chi connectivity index (χ4v) is 3.41. The van der Waals surface area contributed by atoms with E-state index >= 15 is 0 Å². The van der Waals surface area contributed by atoms with Crippen LogP contribution < -0.4 is 0 Å². The van der Waals surface area contributed by atoms with Crippen LogP contribution in [0.3, 0.4) is 0 Å². The normalized spacial score (nSPS) is 11.5. The Morgan fingerprint density at radius 2 is 1.06 bits per heavy atom. The molecule has 2 aliphatic heterocycles. The molecule has 0 unspecified atom stereocenters. The number of hydrogen-bond donors (Lipinski definition) is 2. The molecule has 0 aromatic carbocycles. The van der Waals surface area contributed by atoms with E-state index < -0.39 is 0 Å². The standard InChI is InChI=1S/C20H14N4.C4H3BrO.Fe/c1-2-14-10-16-5-6-18(23-16)12-20-8-7-19(24-20)11-17-4-3-15(22-17)9-13(1)21-14;5-4-1-2-6-3-4;/h1-12,21-22H;1-3H;. The molecule has 0 fully saturated rings. The number of nitrogens with zero attached hydrogens (tertiary/aromatic N) is 2. The molecule has 6 heterocycles. The van der Waals surface area contributed by atoms with Crippen LogP contribution in [0.15, 0.2) is 76.0 Å². The summed E-state index contributed by atoms with van der Waals surface area (Å²) >= 11 is 3.19. The van der Waals surface area contributed by atoms with Gasteiger partial charge in [0.25, 0.3) is 0 Å². The predicted octanol–water partition coefficient (Wildman–Crippen LogP) is 6.70. The van der Waals surface area contributed by atoms with Gasteiger partial charge in [-0.25, -0.2) is 9.97 Å². The number of halogens is 1. The van der Waals surface area contributed by atoms with Gasteiger partial charge in [-0.05, 0) is 94.8 Å². The summed E-state index contributed by atoms with van der Waals surface area (Å²) in [6.07, 6.45) is 11.3. The molecular weight excluding hydrogens is 496 g/mol. The molecule has 2 aliphatic rings. The number of nitrogens with one attached hydrogen (secondary N) is 2. The molecule has 0 saturated carbocycles. The molecule has 0 atom stereocenters. The Balaban J connectivity index is 0.000000288. The Kier molecular flexibility index (Phi) is 6.37. The van der Waals surface area contributed by atoms with Gasteiger partial charge in [-0.15, -0.1) is 0 Å². The third kappa shape index (κ3) is 5.33. The summed E-state index contributed by atoms with van der Waals surface area (Å²) in [7, 11) is 0. The third-order valence-electron chi connectivity index (χ3n) is 4.53. The van der Waals surface area contributed by atoms with E-state index in [0.717, 1.165) is 49.3 Å². The topological polar surface area (TPSA) is 70.5 Å². The van der Waals surface area contributed by atoms with E-state index in [-0.39, 0.29) is 17.1 Å². The molecule has 8 bridgehead atoms. The fourth-order valence-electron chi connectivity index (χ4n) is 3.19. The van der Waals surface area contributed by atoms with Gasteiger partial charge in [0.15, 0.2) is 0 Å². The SMILES string of the molecule is Brc1ccoc1.C1=Cc2cc3ccc(cc4ccc(cc5nc(cc1n2)C=C5)[nH]4)[nH]3.[Fe]. The number of hydrogen-bond acceptors (Lipinski definition) is 3. The first-order chi connectivity index (χ1) is 14.7. The summed E-state index contributed by atoms with van der Waals surface area (Å²) in [5, 5.41) is 0. The smallest absolute Gasteiger partial charge is 0.104 e. The Morgan fingerprint density at radius 3 is 1.45 bits per heavy atom. The average molecular weight is 513 g/mol. The van der Waals surface area contributed by atoms with Crippen LogP contribution in [0.25, 0.3) is 46.4 Å². The van der Waals surface area contributed by atoms with E-state index in [0.29, 0.717) is 0 Å². The van der Waals surface area contributed by atoms with Crippen LogP contribution in [0.1, 0.15) is 22.8 Å². The Morgan fingerprint density at radius 1 is 0.613 bits per heavy atom. The van der Waals surface area contributed by atoms with Gasteiger partial charge >= 0.3 is 0 Å². The number of aromatic nitrogens is 4. The monoisotopic (exact) mass is 512 g/mol.